The molecule has 120 valence electrons. The van der Waals surface area contributed by atoms with E-state index in [1.54, 1.807) is 17.5 Å². The largest absolute Gasteiger partial charge is 0.488 e. The zero-order chi connectivity index (χ0) is 15.5. The van der Waals surface area contributed by atoms with Crippen LogP contribution >= 0.6 is 23.7 Å². The first kappa shape index (κ1) is 18.4. The number of ether oxygens (including phenoxy) is 1. The van der Waals surface area contributed by atoms with Crippen LogP contribution in [0.25, 0.3) is 0 Å². The van der Waals surface area contributed by atoms with E-state index in [4.69, 9.17) is 10.5 Å². The zero-order valence-electron chi connectivity index (χ0n) is 12.8. The molecular formula is C15H20ClN3O2S. The van der Waals surface area contributed by atoms with Gasteiger partial charge in [-0.25, -0.2) is 4.98 Å². The number of nitrogens with two attached hydrogens (primary N) is 1. The van der Waals surface area contributed by atoms with Crippen molar-refractivity contribution in [2.75, 3.05) is 5.32 Å². The SMILES string of the molecule is CC(C)(C)Oc1ccc(NC(=O)c2csc(CN)n2)cc1.Cl. The van der Waals surface area contributed by atoms with Crippen LogP contribution in [0.3, 0.4) is 0 Å². The summed E-state index contributed by atoms with van der Waals surface area (Å²) in [4.78, 5) is 16.2. The fourth-order valence-electron chi connectivity index (χ4n) is 1.66. The predicted molar refractivity (Wildman–Crippen MR) is 92.0 cm³/mol. The van der Waals surface area contributed by atoms with Gasteiger partial charge in [-0.05, 0) is 45.0 Å². The highest BCUT2D eigenvalue weighted by molar-refractivity contribution is 7.09. The fourth-order valence-corrected chi connectivity index (χ4v) is 2.32. The van der Waals surface area contributed by atoms with Gasteiger partial charge in [-0.3, -0.25) is 4.79 Å². The van der Waals surface area contributed by atoms with Crippen LogP contribution < -0.4 is 15.8 Å². The van der Waals surface area contributed by atoms with E-state index in [1.165, 1.54) is 11.3 Å². The van der Waals surface area contributed by atoms with Crippen molar-refractivity contribution in [2.45, 2.75) is 32.9 Å². The van der Waals surface area contributed by atoms with Crippen LogP contribution in [-0.2, 0) is 6.54 Å². The molecular weight excluding hydrogens is 322 g/mol. The van der Waals surface area contributed by atoms with E-state index >= 15 is 0 Å². The lowest BCUT2D eigenvalue weighted by molar-refractivity contribution is 0.102. The molecule has 0 aliphatic carbocycles. The number of thiazole rings is 1. The van der Waals surface area contributed by atoms with E-state index in [1.807, 2.05) is 32.9 Å². The standard InChI is InChI=1S/C15H19N3O2S.ClH/c1-15(2,3)20-11-6-4-10(5-7-11)17-14(19)12-9-21-13(8-16)18-12;/h4-7,9H,8,16H2,1-3H3,(H,17,19);1H. The zero-order valence-corrected chi connectivity index (χ0v) is 14.4. The number of benzene rings is 1. The Labute approximate surface area is 140 Å². The van der Waals surface area contributed by atoms with E-state index in [2.05, 4.69) is 10.3 Å². The van der Waals surface area contributed by atoms with Crippen LogP contribution in [0.5, 0.6) is 5.75 Å². The molecule has 2 rings (SSSR count). The number of aromatic nitrogens is 1. The molecule has 1 heterocycles. The van der Waals surface area contributed by atoms with Gasteiger partial charge in [0.15, 0.2) is 0 Å². The van der Waals surface area contributed by atoms with Crippen LogP contribution in [0.4, 0.5) is 5.69 Å². The van der Waals surface area contributed by atoms with Gasteiger partial charge in [0.25, 0.3) is 5.91 Å². The number of carbonyl (C=O) groups is 1. The molecule has 0 aliphatic heterocycles. The van der Waals surface area contributed by atoms with Gasteiger partial charge in [0.05, 0.1) is 0 Å². The van der Waals surface area contributed by atoms with Crippen LogP contribution in [0.15, 0.2) is 29.6 Å². The lowest BCUT2D eigenvalue weighted by Gasteiger charge is -2.21. The summed E-state index contributed by atoms with van der Waals surface area (Å²) >= 11 is 1.38. The quantitative estimate of drug-likeness (QED) is 0.892. The maximum absolute atomic E-state index is 12.0. The van der Waals surface area contributed by atoms with Gasteiger partial charge in [0.2, 0.25) is 0 Å². The second kappa shape index (κ2) is 7.58. The smallest absolute Gasteiger partial charge is 0.275 e. The average molecular weight is 342 g/mol. The summed E-state index contributed by atoms with van der Waals surface area (Å²) in [6, 6.07) is 7.25. The highest BCUT2D eigenvalue weighted by atomic mass is 35.5. The van der Waals surface area contributed by atoms with Gasteiger partial charge in [-0.1, -0.05) is 0 Å². The molecule has 0 fully saturated rings. The van der Waals surface area contributed by atoms with E-state index in [0.29, 0.717) is 17.9 Å². The molecule has 22 heavy (non-hydrogen) atoms. The van der Waals surface area contributed by atoms with Gasteiger partial charge in [-0.2, -0.15) is 0 Å². The van der Waals surface area contributed by atoms with Crippen molar-refractivity contribution >= 4 is 35.3 Å². The Hall–Kier alpha value is -1.63. The van der Waals surface area contributed by atoms with Crippen LogP contribution in [0, 0.1) is 0 Å². The molecule has 1 amide bonds. The number of nitrogens with one attached hydrogen (secondary N) is 1. The third-order valence-electron chi connectivity index (χ3n) is 2.50. The summed E-state index contributed by atoms with van der Waals surface area (Å²) < 4.78 is 5.73. The van der Waals surface area contributed by atoms with Gasteiger partial charge in [-0.15, -0.1) is 23.7 Å². The molecule has 0 atom stereocenters. The third-order valence-corrected chi connectivity index (χ3v) is 3.37. The number of hydrogen-bond donors (Lipinski definition) is 2. The predicted octanol–water partition coefficient (Wildman–Crippen LogP) is 3.45. The molecule has 2 aromatic rings. The van der Waals surface area contributed by atoms with Crippen molar-refractivity contribution in [3.63, 3.8) is 0 Å². The summed E-state index contributed by atoms with van der Waals surface area (Å²) in [5.41, 5.74) is 6.32. The minimum atomic E-state index is -0.246. The molecule has 3 N–H and O–H groups in total. The molecule has 0 aliphatic rings. The van der Waals surface area contributed by atoms with Gasteiger partial charge in [0, 0.05) is 17.6 Å². The van der Waals surface area contributed by atoms with Crippen LogP contribution in [0.2, 0.25) is 0 Å². The van der Waals surface area contributed by atoms with Gasteiger partial charge >= 0.3 is 0 Å². The maximum atomic E-state index is 12.0. The monoisotopic (exact) mass is 341 g/mol. The molecule has 0 spiro atoms. The van der Waals surface area contributed by atoms with E-state index < -0.39 is 0 Å². The average Bonchev–Trinajstić information content (AvgIpc) is 2.88. The highest BCUT2D eigenvalue weighted by Crippen LogP contribution is 2.21. The minimum Gasteiger partial charge on any atom is -0.488 e. The Morgan fingerprint density at radius 3 is 2.45 bits per heavy atom. The van der Waals surface area contributed by atoms with E-state index in [-0.39, 0.29) is 23.9 Å². The molecule has 1 aromatic carbocycles. The van der Waals surface area contributed by atoms with E-state index in [0.717, 1.165) is 10.8 Å². The first-order valence-electron chi connectivity index (χ1n) is 6.62. The number of anilines is 1. The van der Waals surface area contributed by atoms with E-state index in [9.17, 15) is 4.79 Å². The van der Waals surface area contributed by atoms with Crippen molar-refractivity contribution < 1.29 is 9.53 Å². The topological polar surface area (TPSA) is 77.2 Å². The molecule has 0 bridgehead atoms. The van der Waals surface area contributed by atoms with Crippen molar-refractivity contribution in [3.8, 4) is 5.75 Å². The van der Waals surface area contributed by atoms with Crippen molar-refractivity contribution in [2.24, 2.45) is 5.73 Å². The molecule has 7 heteroatoms. The number of amides is 1. The summed E-state index contributed by atoms with van der Waals surface area (Å²) in [5, 5.41) is 5.24. The summed E-state index contributed by atoms with van der Waals surface area (Å²) in [6.45, 7) is 6.30. The number of rotatable bonds is 4. The van der Waals surface area contributed by atoms with Gasteiger partial charge in [0.1, 0.15) is 22.1 Å². The number of halogens is 1. The van der Waals surface area contributed by atoms with Crippen LogP contribution in [-0.4, -0.2) is 16.5 Å². The normalized spacial score (nSPS) is 10.7. The van der Waals surface area contributed by atoms with Crippen LogP contribution in [0.1, 0.15) is 36.3 Å². The Morgan fingerprint density at radius 2 is 1.95 bits per heavy atom. The number of nitrogens with zero attached hydrogens (tertiary/aromatic N) is 1. The molecule has 0 radical (unpaired) electrons. The fraction of sp³-hybridized carbons (Fsp3) is 0.333. The second-order valence-corrected chi connectivity index (χ2v) is 6.47. The first-order chi connectivity index (χ1) is 9.87. The number of hydrogen-bond acceptors (Lipinski definition) is 5. The maximum Gasteiger partial charge on any atom is 0.275 e. The lowest BCUT2D eigenvalue weighted by Crippen LogP contribution is -2.22. The lowest BCUT2D eigenvalue weighted by atomic mass is 10.2. The molecule has 0 saturated heterocycles. The van der Waals surface area contributed by atoms with Crippen molar-refractivity contribution in [3.05, 3.63) is 40.3 Å². The second-order valence-electron chi connectivity index (χ2n) is 5.52. The van der Waals surface area contributed by atoms with Crippen molar-refractivity contribution in [1.29, 1.82) is 0 Å². The third kappa shape index (κ3) is 5.29. The summed E-state index contributed by atoms with van der Waals surface area (Å²) in [7, 11) is 0. The van der Waals surface area contributed by atoms with Crippen molar-refractivity contribution in [1.82, 2.24) is 4.98 Å². The Morgan fingerprint density at radius 1 is 1.32 bits per heavy atom. The molecule has 1 aromatic heterocycles. The minimum absolute atomic E-state index is 0. The molecule has 0 saturated carbocycles. The molecule has 5 nitrogen and oxygen atoms in total. The number of carbonyl (C=O) groups excluding carboxylic acids is 1. The molecule has 0 unspecified atom stereocenters. The first-order valence-corrected chi connectivity index (χ1v) is 7.50. The highest BCUT2D eigenvalue weighted by Gasteiger charge is 2.13. The summed E-state index contributed by atoms with van der Waals surface area (Å²) in [5.74, 6) is 0.523. The van der Waals surface area contributed by atoms with Gasteiger partial charge < -0.3 is 15.8 Å². The summed E-state index contributed by atoms with van der Waals surface area (Å²) in [6.07, 6.45) is 0. The Balaban J connectivity index is 0.00000242. The Kier molecular flexibility index (Phi) is 6.34. The Bertz CT molecular complexity index is 620.